The number of anilines is 1. The van der Waals surface area contributed by atoms with Crippen molar-refractivity contribution in [3.63, 3.8) is 0 Å². The Labute approximate surface area is 216 Å². The molecule has 5 rings (SSSR count). The molecule has 5 nitrogen and oxygen atoms in total. The number of aromatic nitrogens is 2. The van der Waals surface area contributed by atoms with Gasteiger partial charge in [0.25, 0.3) is 0 Å². The number of halogens is 3. The number of hydrogen-bond donors (Lipinski definition) is 1. The number of carbonyl (C=O) groups excluding carboxylic acids is 1. The number of nitrogens with zero attached hydrogens (tertiary/aromatic N) is 3. The summed E-state index contributed by atoms with van der Waals surface area (Å²) in [4.78, 5) is 20.3. The highest BCUT2D eigenvalue weighted by molar-refractivity contribution is 9.10. The maximum absolute atomic E-state index is 13.0. The molecule has 0 aliphatic carbocycles. The van der Waals surface area contributed by atoms with Crippen LogP contribution in [0.4, 0.5) is 5.69 Å². The lowest BCUT2D eigenvalue weighted by molar-refractivity contribution is -0.121. The molecule has 34 heavy (non-hydrogen) atoms. The standard InChI is InChI=1S/C26H23BrCl2N4O/c27-18-6-3-7-20(13-18)33-24-9-2-1-8-23(24)30-25(33)16-32-12-4-5-17(15-32)26(34)31-22-11-10-19(28)14-21(22)29/h1-3,6-11,13-14,17H,4-5,12,15-16H2,(H,31,34)/t17-/m1/s1. The number of piperidine rings is 1. The fourth-order valence-corrected chi connectivity index (χ4v) is 5.37. The van der Waals surface area contributed by atoms with Gasteiger partial charge in [-0.2, -0.15) is 0 Å². The number of imidazole rings is 1. The van der Waals surface area contributed by atoms with Gasteiger partial charge in [0, 0.05) is 21.7 Å². The van der Waals surface area contributed by atoms with Crippen LogP contribution in [-0.4, -0.2) is 33.4 Å². The van der Waals surface area contributed by atoms with E-state index in [2.05, 4.69) is 48.9 Å². The number of likely N-dealkylation sites (tertiary alicyclic amines) is 1. The van der Waals surface area contributed by atoms with E-state index in [1.807, 2.05) is 30.3 Å². The van der Waals surface area contributed by atoms with E-state index >= 15 is 0 Å². The molecule has 1 atom stereocenters. The zero-order valence-electron chi connectivity index (χ0n) is 18.3. The largest absolute Gasteiger partial charge is 0.324 e. The molecule has 8 heteroatoms. The first-order chi connectivity index (χ1) is 16.5. The number of hydrogen-bond acceptors (Lipinski definition) is 3. The number of rotatable bonds is 5. The second kappa shape index (κ2) is 10.1. The first-order valence-electron chi connectivity index (χ1n) is 11.2. The van der Waals surface area contributed by atoms with Crippen molar-refractivity contribution < 1.29 is 4.79 Å². The van der Waals surface area contributed by atoms with E-state index in [-0.39, 0.29) is 11.8 Å². The van der Waals surface area contributed by atoms with Gasteiger partial charge in [-0.05, 0) is 67.9 Å². The van der Waals surface area contributed by atoms with Gasteiger partial charge in [0.1, 0.15) is 5.82 Å². The Balaban J connectivity index is 1.37. The SMILES string of the molecule is O=C(Nc1ccc(Cl)cc1Cl)[C@@H]1CCCN(Cc2nc3ccccc3n2-c2cccc(Br)c2)C1. The van der Waals surface area contributed by atoms with Crippen LogP contribution in [0.2, 0.25) is 10.0 Å². The van der Waals surface area contributed by atoms with Crippen LogP contribution in [-0.2, 0) is 11.3 Å². The number of carbonyl (C=O) groups is 1. The van der Waals surface area contributed by atoms with Crippen molar-refractivity contribution in [3.8, 4) is 5.69 Å². The van der Waals surface area contributed by atoms with Gasteiger partial charge >= 0.3 is 0 Å². The minimum atomic E-state index is -0.121. The minimum absolute atomic E-state index is 0.0191. The molecule has 174 valence electrons. The smallest absolute Gasteiger partial charge is 0.228 e. The molecule has 2 heterocycles. The van der Waals surface area contributed by atoms with Crippen LogP contribution in [0.15, 0.2) is 71.2 Å². The fraction of sp³-hybridized carbons (Fsp3) is 0.231. The van der Waals surface area contributed by atoms with Gasteiger partial charge in [0.05, 0.1) is 34.2 Å². The van der Waals surface area contributed by atoms with Gasteiger partial charge in [0.2, 0.25) is 5.91 Å². The third-order valence-corrected chi connectivity index (χ3v) is 7.17. The normalized spacial score (nSPS) is 16.6. The highest BCUT2D eigenvalue weighted by Crippen LogP contribution is 2.28. The highest BCUT2D eigenvalue weighted by atomic mass is 79.9. The molecule has 3 aromatic carbocycles. The lowest BCUT2D eigenvalue weighted by Gasteiger charge is -2.32. The first-order valence-corrected chi connectivity index (χ1v) is 12.7. The van der Waals surface area contributed by atoms with Crippen LogP contribution in [0.25, 0.3) is 16.7 Å². The Hall–Kier alpha value is -2.38. The summed E-state index contributed by atoms with van der Waals surface area (Å²) in [6.07, 6.45) is 1.79. The molecule has 1 N–H and O–H groups in total. The predicted octanol–water partition coefficient (Wildman–Crippen LogP) is 6.95. The van der Waals surface area contributed by atoms with Gasteiger partial charge in [0.15, 0.2) is 0 Å². The second-order valence-electron chi connectivity index (χ2n) is 8.52. The Bertz CT molecular complexity index is 1360. The second-order valence-corrected chi connectivity index (χ2v) is 10.3. The molecule has 1 aliphatic heterocycles. The van der Waals surface area contributed by atoms with Crippen molar-refractivity contribution in [1.82, 2.24) is 14.5 Å². The van der Waals surface area contributed by atoms with Gasteiger partial charge in [-0.15, -0.1) is 0 Å². The van der Waals surface area contributed by atoms with Crippen molar-refractivity contribution in [1.29, 1.82) is 0 Å². The predicted molar refractivity (Wildman–Crippen MR) is 142 cm³/mol. The maximum atomic E-state index is 13.0. The van der Waals surface area contributed by atoms with Crippen LogP contribution >= 0.6 is 39.1 Å². The monoisotopic (exact) mass is 556 g/mol. The summed E-state index contributed by atoms with van der Waals surface area (Å²) in [5.74, 6) is 0.819. The summed E-state index contributed by atoms with van der Waals surface area (Å²) < 4.78 is 3.22. The van der Waals surface area contributed by atoms with E-state index < -0.39 is 0 Å². The number of para-hydroxylation sites is 2. The molecule has 1 aromatic heterocycles. The third kappa shape index (κ3) is 5.01. The lowest BCUT2D eigenvalue weighted by Crippen LogP contribution is -2.40. The Morgan fingerprint density at radius 3 is 2.76 bits per heavy atom. The number of benzene rings is 3. The number of amides is 1. The quantitative estimate of drug-likeness (QED) is 0.289. The van der Waals surface area contributed by atoms with Crippen LogP contribution in [0.3, 0.4) is 0 Å². The molecule has 0 bridgehead atoms. The van der Waals surface area contributed by atoms with Crippen LogP contribution in [0, 0.1) is 5.92 Å². The molecule has 4 aromatic rings. The van der Waals surface area contributed by atoms with E-state index in [0.717, 1.165) is 46.4 Å². The fourth-order valence-electron chi connectivity index (χ4n) is 4.52. The molecular formula is C26H23BrCl2N4O. The summed E-state index contributed by atoms with van der Waals surface area (Å²) in [7, 11) is 0. The number of fused-ring (bicyclic) bond motifs is 1. The van der Waals surface area contributed by atoms with Crippen LogP contribution in [0.5, 0.6) is 0 Å². The van der Waals surface area contributed by atoms with E-state index in [1.54, 1.807) is 18.2 Å². The average Bonchev–Trinajstić information content (AvgIpc) is 3.18. The summed E-state index contributed by atoms with van der Waals surface area (Å²) >= 11 is 15.8. The van der Waals surface area contributed by atoms with E-state index in [0.29, 0.717) is 28.8 Å². The molecule has 1 aliphatic rings. The Morgan fingerprint density at radius 1 is 1.09 bits per heavy atom. The van der Waals surface area contributed by atoms with E-state index in [9.17, 15) is 4.79 Å². The van der Waals surface area contributed by atoms with E-state index in [1.165, 1.54) is 0 Å². The van der Waals surface area contributed by atoms with Crippen molar-refractivity contribution in [2.75, 3.05) is 18.4 Å². The molecule has 1 saturated heterocycles. The molecule has 0 saturated carbocycles. The Kier molecular flexibility index (Phi) is 6.93. The van der Waals surface area contributed by atoms with Crippen LogP contribution < -0.4 is 5.32 Å². The van der Waals surface area contributed by atoms with E-state index in [4.69, 9.17) is 28.2 Å². The third-order valence-electron chi connectivity index (χ3n) is 6.13. The molecule has 1 fully saturated rings. The van der Waals surface area contributed by atoms with Crippen molar-refractivity contribution >= 4 is 61.8 Å². The van der Waals surface area contributed by atoms with Crippen molar-refractivity contribution in [2.45, 2.75) is 19.4 Å². The van der Waals surface area contributed by atoms with Crippen LogP contribution in [0.1, 0.15) is 18.7 Å². The summed E-state index contributed by atoms with van der Waals surface area (Å²) in [5.41, 5.74) is 3.67. The van der Waals surface area contributed by atoms with Crippen molar-refractivity contribution in [2.24, 2.45) is 5.92 Å². The number of nitrogens with one attached hydrogen (secondary N) is 1. The first kappa shape index (κ1) is 23.4. The zero-order valence-corrected chi connectivity index (χ0v) is 21.4. The average molecular weight is 558 g/mol. The molecule has 1 amide bonds. The minimum Gasteiger partial charge on any atom is -0.324 e. The summed E-state index contributed by atoms with van der Waals surface area (Å²) in [6.45, 7) is 2.25. The zero-order chi connectivity index (χ0) is 23.7. The van der Waals surface area contributed by atoms with Gasteiger partial charge in [-0.1, -0.05) is 57.3 Å². The molecule has 0 radical (unpaired) electrons. The van der Waals surface area contributed by atoms with Gasteiger partial charge in [-0.25, -0.2) is 4.98 Å². The maximum Gasteiger partial charge on any atom is 0.228 e. The van der Waals surface area contributed by atoms with Gasteiger partial charge < -0.3 is 5.32 Å². The lowest BCUT2D eigenvalue weighted by atomic mass is 9.97. The molecule has 0 unspecified atom stereocenters. The highest BCUT2D eigenvalue weighted by Gasteiger charge is 2.27. The topological polar surface area (TPSA) is 50.2 Å². The summed E-state index contributed by atoms with van der Waals surface area (Å²) in [6, 6.07) is 21.5. The molecular weight excluding hydrogens is 535 g/mol. The van der Waals surface area contributed by atoms with Crippen molar-refractivity contribution in [3.05, 3.63) is 87.1 Å². The van der Waals surface area contributed by atoms with Gasteiger partial charge in [-0.3, -0.25) is 14.3 Å². The summed E-state index contributed by atoms with van der Waals surface area (Å²) in [5, 5.41) is 3.96. The molecule has 0 spiro atoms. The Morgan fingerprint density at radius 2 is 1.94 bits per heavy atom.